The topological polar surface area (TPSA) is 38.3 Å². The van der Waals surface area contributed by atoms with E-state index in [0.29, 0.717) is 12.1 Å². The van der Waals surface area contributed by atoms with Crippen molar-refractivity contribution in [3.8, 4) is 5.75 Å². The van der Waals surface area contributed by atoms with Crippen LogP contribution in [-0.2, 0) is 0 Å². The second-order valence-corrected chi connectivity index (χ2v) is 4.06. The molecule has 1 aromatic rings. The van der Waals surface area contributed by atoms with Crippen molar-refractivity contribution in [2.75, 3.05) is 13.2 Å². The van der Waals surface area contributed by atoms with E-state index in [1.54, 1.807) is 18.2 Å². The first kappa shape index (κ1) is 14.3. The predicted octanol–water partition coefficient (Wildman–Crippen LogP) is 3.17. The van der Waals surface area contributed by atoms with Crippen molar-refractivity contribution in [1.82, 2.24) is 5.32 Å². The molecule has 0 atom stereocenters. The smallest absolute Gasteiger partial charge is 0.251 e. The van der Waals surface area contributed by atoms with Crippen LogP contribution in [0.5, 0.6) is 5.75 Å². The molecule has 1 amide bonds. The fraction of sp³-hybridized carbons (Fsp3) is 0.400. The number of amides is 1. The van der Waals surface area contributed by atoms with Crippen molar-refractivity contribution in [1.29, 1.82) is 0 Å². The molecule has 3 nitrogen and oxygen atoms in total. The van der Waals surface area contributed by atoms with E-state index in [9.17, 15) is 4.79 Å². The molecule has 0 aliphatic rings. The molecule has 0 aliphatic heterocycles. The van der Waals surface area contributed by atoms with Gasteiger partial charge in [-0.1, -0.05) is 19.4 Å². The van der Waals surface area contributed by atoms with Crippen LogP contribution in [0.1, 0.15) is 36.5 Å². The van der Waals surface area contributed by atoms with Crippen LogP contribution in [0.3, 0.4) is 0 Å². The molecule has 0 aliphatic carbocycles. The quantitative estimate of drug-likeness (QED) is 0.566. The zero-order chi connectivity index (χ0) is 13.2. The summed E-state index contributed by atoms with van der Waals surface area (Å²) in [6, 6.07) is 7.23. The van der Waals surface area contributed by atoms with Gasteiger partial charge in [0.1, 0.15) is 5.75 Å². The lowest BCUT2D eigenvalue weighted by Gasteiger charge is -2.07. The first-order chi connectivity index (χ1) is 8.77. The van der Waals surface area contributed by atoms with E-state index in [2.05, 4.69) is 18.8 Å². The molecule has 1 aromatic carbocycles. The highest BCUT2D eigenvalue weighted by molar-refractivity contribution is 5.94. The minimum Gasteiger partial charge on any atom is -0.494 e. The molecule has 0 saturated carbocycles. The van der Waals surface area contributed by atoms with Crippen molar-refractivity contribution in [3.05, 3.63) is 42.5 Å². The van der Waals surface area contributed by atoms with Gasteiger partial charge >= 0.3 is 0 Å². The lowest BCUT2D eigenvalue weighted by Crippen LogP contribution is -2.23. The number of carbonyl (C=O) groups is 1. The number of hydrogen-bond acceptors (Lipinski definition) is 2. The minimum absolute atomic E-state index is 0.0584. The average Bonchev–Trinajstić information content (AvgIpc) is 2.40. The molecule has 0 bridgehead atoms. The normalized spacial score (nSPS) is 9.83. The maximum atomic E-state index is 11.7. The van der Waals surface area contributed by atoms with Crippen LogP contribution < -0.4 is 10.1 Å². The predicted molar refractivity (Wildman–Crippen MR) is 74.0 cm³/mol. The summed E-state index contributed by atoms with van der Waals surface area (Å²) in [5, 5.41) is 2.82. The highest BCUT2D eigenvalue weighted by Gasteiger charge is 2.04. The van der Waals surface area contributed by atoms with Gasteiger partial charge in [0.25, 0.3) is 5.91 Å². The SMILES string of the molecule is C=CCCNC(=O)c1ccc(OCCCC)cc1. The van der Waals surface area contributed by atoms with E-state index in [1.807, 2.05) is 12.1 Å². The molecule has 98 valence electrons. The van der Waals surface area contributed by atoms with E-state index >= 15 is 0 Å². The Morgan fingerprint density at radius 1 is 1.39 bits per heavy atom. The third-order valence-corrected chi connectivity index (χ3v) is 2.52. The molecule has 0 heterocycles. The zero-order valence-corrected chi connectivity index (χ0v) is 10.9. The molecule has 1 N–H and O–H groups in total. The molecular formula is C15H21NO2. The maximum Gasteiger partial charge on any atom is 0.251 e. The van der Waals surface area contributed by atoms with E-state index in [-0.39, 0.29) is 5.91 Å². The van der Waals surface area contributed by atoms with Crippen LogP contribution in [0.2, 0.25) is 0 Å². The van der Waals surface area contributed by atoms with E-state index in [4.69, 9.17) is 4.74 Å². The summed E-state index contributed by atoms with van der Waals surface area (Å²) < 4.78 is 5.53. The van der Waals surface area contributed by atoms with Gasteiger partial charge in [0.05, 0.1) is 6.61 Å². The summed E-state index contributed by atoms with van der Waals surface area (Å²) in [6.45, 7) is 7.08. The number of nitrogens with one attached hydrogen (secondary N) is 1. The number of ether oxygens (including phenoxy) is 1. The summed E-state index contributed by atoms with van der Waals surface area (Å²) in [6.07, 6.45) is 4.72. The van der Waals surface area contributed by atoms with Crippen LogP contribution in [0.15, 0.2) is 36.9 Å². The molecule has 3 heteroatoms. The fourth-order valence-corrected chi connectivity index (χ4v) is 1.43. The van der Waals surface area contributed by atoms with Gasteiger partial charge < -0.3 is 10.1 Å². The Hall–Kier alpha value is -1.77. The summed E-state index contributed by atoms with van der Waals surface area (Å²) in [5.74, 6) is 0.753. The van der Waals surface area contributed by atoms with Crippen LogP contribution in [0.4, 0.5) is 0 Å². The molecule has 0 saturated heterocycles. The summed E-state index contributed by atoms with van der Waals surface area (Å²) in [5.41, 5.74) is 0.655. The molecule has 18 heavy (non-hydrogen) atoms. The number of carbonyl (C=O) groups excluding carboxylic acids is 1. The second-order valence-electron chi connectivity index (χ2n) is 4.06. The Labute approximate surface area is 109 Å². The van der Waals surface area contributed by atoms with Crippen molar-refractivity contribution >= 4 is 5.91 Å². The molecule has 0 unspecified atom stereocenters. The van der Waals surface area contributed by atoms with E-state index < -0.39 is 0 Å². The Balaban J connectivity index is 2.43. The van der Waals surface area contributed by atoms with Crippen LogP contribution in [0.25, 0.3) is 0 Å². The Morgan fingerprint density at radius 2 is 2.11 bits per heavy atom. The van der Waals surface area contributed by atoms with Crippen LogP contribution in [0, 0.1) is 0 Å². The summed E-state index contributed by atoms with van der Waals surface area (Å²) in [7, 11) is 0. The van der Waals surface area contributed by atoms with Gasteiger partial charge in [0.15, 0.2) is 0 Å². The molecule has 0 spiro atoms. The highest BCUT2D eigenvalue weighted by Crippen LogP contribution is 2.12. The molecule has 0 radical (unpaired) electrons. The minimum atomic E-state index is -0.0584. The standard InChI is InChI=1S/C15H21NO2/c1-3-5-11-16-15(17)13-7-9-14(10-8-13)18-12-6-4-2/h3,7-10H,1,4-6,11-12H2,2H3,(H,16,17). The van der Waals surface area contributed by atoms with Crippen LogP contribution >= 0.6 is 0 Å². The van der Waals surface area contributed by atoms with Crippen molar-refractivity contribution in [2.45, 2.75) is 26.2 Å². The Bertz CT molecular complexity index is 371. The third-order valence-electron chi connectivity index (χ3n) is 2.52. The summed E-state index contributed by atoms with van der Waals surface area (Å²) >= 11 is 0. The largest absolute Gasteiger partial charge is 0.494 e. The lowest BCUT2D eigenvalue weighted by molar-refractivity contribution is 0.0954. The monoisotopic (exact) mass is 247 g/mol. The lowest BCUT2D eigenvalue weighted by atomic mass is 10.2. The average molecular weight is 247 g/mol. The van der Waals surface area contributed by atoms with Gasteiger partial charge in [-0.15, -0.1) is 6.58 Å². The molecule has 0 fully saturated rings. The van der Waals surface area contributed by atoms with E-state index in [0.717, 1.165) is 31.6 Å². The van der Waals surface area contributed by atoms with E-state index in [1.165, 1.54) is 0 Å². The van der Waals surface area contributed by atoms with Crippen LogP contribution in [-0.4, -0.2) is 19.1 Å². The third kappa shape index (κ3) is 5.04. The van der Waals surface area contributed by atoms with Gasteiger partial charge in [-0.3, -0.25) is 4.79 Å². The molecular weight excluding hydrogens is 226 g/mol. The zero-order valence-electron chi connectivity index (χ0n) is 10.9. The second kappa shape index (κ2) is 8.34. The van der Waals surface area contributed by atoms with Gasteiger partial charge in [-0.25, -0.2) is 0 Å². The first-order valence-electron chi connectivity index (χ1n) is 6.40. The number of rotatable bonds is 8. The molecule has 0 aromatic heterocycles. The van der Waals surface area contributed by atoms with Gasteiger partial charge in [0.2, 0.25) is 0 Å². The molecule has 1 rings (SSSR count). The highest BCUT2D eigenvalue weighted by atomic mass is 16.5. The van der Waals surface area contributed by atoms with Gasteiger partial charge in [0, 0.05) is 12.1 Å². The first-order valence-corrected chi connectivity index (χ1v) is 6.40. The number of hydrogen-bond donors (Lipinski definition) is 1. The number of unbranched alkanes of at least 4 members (excludes halogenated alkanes) is 1. The fourth-order valence-electron chi connectivity index (χ4n) is 1.43. The summed E-state index contributed by atoms with van der Waals surface area (Å²) in [4.78, 5) is 11.7. The Morgan fingerprint density at radius 3 is 2.72 bits per heavy atom. The van der Waals surface area contributed by atoms with Gasteiger partial charge in [-0.2, -0.15) is 0 Å². The maximum absolute atomic E-state index is 11.7. The number of benzene rings is 1. The van der Waals surface area contributed by atoms with Crippen molar-refractivity contribution in [2.24, 2.45) is 0 Å². The Kier molecular flexibility index (Phi) is 6.62. The van der Waals surface area contributed by atoms with Crippen molar-refractivity contribution in [3.63, 3.8) is 0 Å². The van der Waals surface area contributed by atoms with Gasteiger partial charge in [-0.05, 0) is 37.1 Å². The van der Waals surface area contributed by atoms with Crippen molar-refractivity contribution < 1.29 is 9.53 Å².